The third-order valence-corrected chi connectivity index (χ3v) is 2.42. The number of carbonyl (C=O) groups is 1. The van der Waals surface area contributed by atoms with Crippen LogP contribution in [0.25, 0.3) is 0 Å². The van der Waals surface area contributed by atoms with Gasteiger partial charge < -0.3 is 20.6 Å². The summed E-state index contributed by atoms with van der Waals surface area (Å²) in [5.41, 5.74) is 0. The maximum Gasteiger partial charge on any atom is 0.308 e. The normalized spacial score (nSPS) is 29.4. The Bertz CT molecular complexity index is 185. The van der Waals surface area contributed by atoms with Crippen LogP contribution >= 0.6 is 0 Å². The molecule has 0 spiro atoms. The van der Waals surface area contributed by atoms with Gasteiger partial charge in [0.05, 0.1) is 18.6 Å². The van der Waals surface area contributed by atoms with Crippen molar-refractivity contribution in [1.29, 1.82) is 0 Å². The predicted octanol–water partition coefficient (Wildman–Crippen LogP) is -1.21. The fourth-order valence-electron chi connectivity index (χ4n) is 1.39. The highest BCUT2D eigenvalue weighted by atomic mass is 16.4. The molecule has 1 aliphatic rings. The molecular formula is C8H15NO4. The number of nitrogens with one attached hydrogen (secondary N) is 1. The summed E-state index contributed by atoms with van der Waals surface area (Å²) in [7, 11) is 0. The Labute approximate surface area is 76.4 Å². The monoisotopic (exact) mass is 189 g/mol. The average Bonchev–Trinajstić information content (AvgIpc) is 2.01. The minimum absolute atomic E-state index is 0.0429. The summed E-state index contributed by atoms with van der Waals surface area (Å²) in [4.78, 5) is 10.6. The molecule has 0 amide bonds. The molecule has 0 aromatic carbocycles. The van der Waals surface area contributed by atoms with Crippen LogP contribution in [0.15, 0.2) is 0 Å². The summed E-state index contributed by atoms with van der Waals surface area (Å²) in [6.45, 7) is -0.0393. The number of aliphatic hydroxyl groups excluding tert-OH is 2. The van der Waals surface area contributed by atoms with Gasteiger partial charge >= 0.3 is 5.97 Å². The van der Waals surface area contributed by atoms with Crippen molar-refractivity contribution in [3.8, 4) is 0 Å². The van der Waals surface area contributed by atoms with Crippen molar-refractivity contribution >= 4 is 5.97 Å². The highest BCUT2D eigenvalue weighted by Crippen LogP contribution is 2.27. The molecule has 3 unspecified atom stereocenters. The molecule has 1 saturated carbocycles. The molecule has 1 aliphatic carbocycles. The third kappa shape index (κ3) is 2.65. The Kier molecular flexibility index (Phi) is 3.65. The van der Waals surface area contributed by atoms with Gasteiger partial charge in [-0.05, 0) is 12.8 Å². The molecule has 3 atom stereocenters. The maximum atomic E-state index is 10.6. The van der Waals surface area contributed by atoms with Crippen LogP contribution in [0.2, 0.25) is 0 Å². The van der Waals surface area contributed by atoms with Crippen molar-refractivity contribution in [2.45, 2.75) is 25.0 Å². The quantitative estimate of drug-likeness (QED) is 0.436. The standard InChI is InChI=1S/C8H15NO4/c10-4-5(11)3-9-7-2-1-6(7)8(12)13/h5-7,9-11H,1-4H2,(H,12,13). The van der Waals surface area contributed by atoms with Crippen molar-refractivity contribution in [1.82, 2.24) is 5.32 Å². The van der Waals surface area contributed by atoms with Gasteiger partial charge in [-0.2, -0.15) is 0 Å². The molecule has 5 nitrogen and oxygen atoms in total. The number of carboxylic acids is 1. The van der Waals surface area contributed by atoms with E-state index >= 15 is 0 Å². The molecule has 0 saturated heterocycles. The summed E-state index contributed by atoms with van der Waals surface area (Å²) in [5, 5.41) is 29.1. The number of hydrogen-bond donors (Lipinski definition) is 4. The number of rotatable bonds is 5. The van der Waals surface area contributed by atoms with E-state index in [1.807, 2.05) is 0 Å². The zero-order valence-electron chi connectivity index (χ0n) is 7.31. The predicted molar refractivity (Wildman–Crippen MR) is 45.2 cm³/mol. The van der Waals surface area contributed by atoms with Crippen molar-refractivity contribution in [2.75, 3.05) is 13.2 Å². The zero-order chi connectivity index (χ0) is 9.84. The Balaban J connectivity index is 2.19. The van der Waals surface area contributed by atoms with E-state index in [9.17, 15) is 4.79 Å². The molecule has 1 fully saturated rings. The average molecular weight is 189 g/mol. The summed E-state index contributed by atoms with van der Waals surface area (Å²) in [5.74, 6) is -1.12. The van der Waals surface area contributed by atoms with Crippen LogP contribution in [0.4, 0.5) is 0 Å². The van der Waals surface area contributed by atoms with Crippen LogP contribution in [0, 0.1) is 5.92 Å². The second-order valence-electron chi connectivity index (χ2n) is 3.37. The van der Waals surface area contributed by atoms with E-state index in [4.69, 9.17) is 15.3 Å². The van der Waals surface area contributed by atoms with Gasteiger partial charge in [-0.1, -0.05) is 0 Å². The molecular weight excluding hydrogens is 174 g/mol. The molecule has 5 heteroatoms. The number of hydrogen-bond acceptors (Lipinski definition) is 4. The third-order valence-electron chi connectivity index (χ3n) is 2.42. The van der Waals surface area contributed by atoms with E-state index in [1.54, 1.807) is 0 Å². The van der Waals surface area contributed by atoms with Gasteiger partial charge in [0.2, 0.25) is 0 Å². The first kappa shape index (κ1) is 10.4. The first-order chi connectivity index (χ1) is 6.15. The summed E-state index contributed by atoms with van der Waals surface area (Å²) in [6.07, 6.45) is 0.729. The van der Waals surface area contributed by atoms with Crippen LogP contribution in [0.1, 0.15) is 12.8 Å². The van der Waals surface area contributed by atoms with Crippen LogP contribution in [-0.2, 0) is 4.79 Å². The van der Waals surface area contributed by atoms with E-state index in [0.717, 1.165) is 6.42 Å². The van der Waals surface area contributed by atoms with Crippen molar-refractivity contribution in [3.05, 3.63) is 0 Å². The minimum Gasteiger partial charge on any atom is -0.481 e. The van der Waals surface area contributed by atoms with Gasteiger partial charge in [0.1, 0.15) is 0 Å². The molecule has 13 heavy (non-hydrogen) atoms. The van der Waals surface area contributed by atoms with Crippen LogP contribution < -0.4 is 5.32 Å². The summed E-state index contributed by atoms with van der Waals surface area (Å²) < 4.78 is 0. The van der Waals surface area contributed by atoms with Crippen molar-refractivity contribution < 1.29 is 20.1 Å². The van der Waals surface area contributed by atoms with Gasteiger partial charge in [-0.15, -0.1) is 0 Å². The van der Waals surface area contributed by atoms with Gasteiger partial charge in [0.25, 0.3) is 0 Å². The summed E-state index contributed by atoms with van der Waals surface area (Å²) in [6, 6.07) is -0.0429. The van der Waals surface area contributed by atoms with Crippen molar-refractivity contribution in [3.63, 3.8) is 0 Å². The Hall–Kier alpha value is -0.650. The number of aliphatic hydroxyl groups is 2. The highest BCUT2D eigenvalue weighted by Gasteiger charge is 2.36. The first-order valence-corrected chi connectivity index (χ1v) is 4.40. The topological polar surface area (TPSA) is 89.8 Å². The van der Waals surface area contributed by atoms with Gasteiger partial charge in [-0.3, -0.25) is 4.79 Å². The molecule has 0 radical (unpaired) electrons. The van der Waals surface area contributed by atoms with Crippen LogP contribution in [0.5, 0.6) is 0 Å². The summed E-state index contributed by atoms with van der Waals surface area (Å²) >= 11 is 0. The molecule has 76 valence electrons. The van der Waals surface area contributed by atoms with Crippen LogP contribution in [-0.4, -0.2) is 46.6 Å². The van der Waals surface area contributed by atoms with Gasteiger partial charge in [0, 0.05) is 12.6 Å². The lowest BCUT2D eigenvalue weighted by molar-refractivity contribution is -0.146. The molecule has 0 aromatic rings. The second kappa shape index (κ2) is 4.55. The second-order valence-corrected chi connectivity index (χ2v) is 3.37. The lowest BCUT2D eigenvalue weighted by Gasteiger charge is -2.34. The molecule has 1 rings (SSSR count). The Morgan fingerprint density at radius 2 is 2.23 bits per heavy atom. The first-order valence-electron chi connectivity index (χ1n) is 4.40. The smallest absolute Gasteiger partial charge is 0.308 e. The van der Waals surface area contributed by atoms with E-state index in [0.29, 0.717) is 6.42 Å². The number of carboxylic acid groups (broad SMARTS) is 1. The van der Waals surface area contributed by atoms with Gasteiger partial charge in [0.15, 0.2) is 0 Å². The SMILES string of the molecule is O=C(O)C1CCC1NCC(O)CO. The largest absolute Gasteiger partial charge is 0.481 e. The molecule has 0 bridgehead atoms. The lowest BCUT2D eigenvalue weighted by Crippen LogP contribution is -2.50. The van der Waals surface area contributed by atoms with Crippen molar-refractivity contribution in [2.24, 2.45) is 5.92 Å². The molecule has 0 heterocycles. The van der Waals surface area contributed by atoms with E-state index in [1.165, 1.54) is 0 Å². The fraction of sp³-hybridized carbons (Fsp3) is 0.875. The highest BCUT2D eigenvalue weighted by molar-refractivity contribution is 5.72. The Morgan fingerprint density at radius 1 is 1.54 bits per heavy atom. The lowest BCUT2D eigenvalue weighted by atomic mass is 9.79. The molecule has 0 aromatic heterocycles. The fourth-order valence-corrected chi connectivity index (χ4v) is 1.39. The van der Waals surface area contributed by atoms with E-state index in [-0.39, 0.29) is 25.1 Å². The number of aliphatic carboxylic acids is 1. The molecule has 0 aliphatic heterocycles. The Morgan fingerprint density at radius 3 is 2.62 bits per heavy atom. The van der Waals surface area contributed by atoms with Gasteiger partial charge in [-0.25, -0.2) is 0 Å². The minimum atomic E-state index is -0.796. The zero-order valence-corrected chi connectivity index (χ0v) is 7.31. The van der Waals surface area contributed by atoms with Crippen LogP contribution in [0.3, 0.4) is 0 Å². The van der Waals surface area contributed by atoms with E-state index in [2.05, 4.69) is 5.32 Å². The van der Waals surface area contributed by atoms with E-state index < -0.39 is 12.1 Å². The maximum absolute atomic E-state index is 10.6. The molecule has 4 N–H and O–H groups in total.